The van der Waals surface area contributed by atoms with Crippen molar-refractivity contribution in [2.75, 3.05) is 0 Å². The van der Waals surface area contributed by atoms with Crippen LogP contribution >= 0.6 is 0 Å². The van der Waals surface area contributed by atoms with E-state index in [1.165, 1.54) is 19.3 Å². The van der Waals surface area contributed by atoms with E-state index in [0.717, 1.165) is 31.6 Å². The minimum Gasteiger partial charge on any atom is -0.297 e. The van der Waals surface area contributed by atoms with Gasteiger partial charge in [-0.3, -0.25) is 4.79 Å². The molecule has 0 N–H and O–H groups in total. The molecule has 2 fully saturated rings. The fourth-order valence-electron chi connectivity index (χ4n) is 3.99. The zero-order valence-corrected chi connectivity index (χ0v) is 12.0. The lowest BCUT2D eigenvalue weighted by atomic mass is 9.64. The maximum atomic E-state index is 12.6. The fourth-order valence-corrected chi connectivity index (χ4v) is 3.99. The van der Waals surface area contributed by atoms with Gasteiger partial charge in [-0.2, -0.15) is 5.26 Å². The van der Waals surface area contributed by atoms with Gasteiger partial charge in [0.05, 0.1) is 6.07 Å². The van der Waals surface area contributed by atoms with Crippen LogP contribution in [-0.2, 0) is 4.79 Å². The maximum absolute atomic E-state index is 12.6. The minimum absolute atomic E-state index is 0.220. The summed E-state index contributed by atoms with van der Waals surface area (Å²) in [5, 5.41) is 9.62. The van der Waals surface area contributed by atoms with Gasteiger partial charge < -0.3 is 0 Å². The summed E-state index contributed by atoms with van der Waals surface area (Å²) < 4.78 is 0. The summed E-state index contributed by atoms with van der Waals surface area (Å²) in [6, 6.07) is 2.44. The van der Waals surface area contributed by atoms with E-state index < -0.39 is 5.41 Å². The third-order valence-electron chi connectivity index (χ3n) is 5.48. The molecule has 2 rings (SSSR count). The van der Waals surface area contributed by atoms with E-state index in [4.69, 9.17) is 0 Å². The molecule has 0 heterocycles. The van der Waals surface area contributed by atoms with E-state index in [1.54, 1.807) is 0 Å². The van der Waals surface area contributed by atoms with E-state index in [9.17, 15) is 10.1 Å². The topological polar surface area (TPSA) is 40.9 Å². The van der Waals surface area contributed by atoms with Crippen LogP contribution in [0.2, 0.25) is 0 Å². The molecule has 0 aromatic rings. The lowest BCUT2D eigenvalue weighted by Gasteiger charge is -2.36. The summed E-state index contributed by atoms with van der Waals surface area (Å²) in [6.07, 6.45) is 7.48. The molecular weight excluding hydrogens is 222 g/mol. The van der Waals surface area contributed by atoms with Crippen molar-refractivity contribution < 1.29 is 4.79 Å². The molecule has 2 aliphatic rings. The standard InChI is InChI=1S/C16H25NO/c1-4-12-5-7-13(8-6-12)16(11-17)10-9-15(2,3)14(16)18/h12-13H,4-10H2,1-3H3. The monoisotopic (exact) mass is 247 g/mol. The molecule has 0 saturated heterocycles. The number of nitrogens with zero attached hydrogens (tertiary/aromatic N) is 1. The number of carbonyl (C=O) groups excluding carboxylic acids is 1. The first-order valence-corrected chi connectivity index (χ1v) is 7.42. The predicted octanol–water partition coefficient (Wildman–Crippen LogP) is 4.10. The lowest BCUT2D eigenvalue weighted by molar-refractivity contribution is -0.132. The first-order valence-electron chi connectivity index (χ1n) is 7.42. The van der Waals surface area contributed by atoms with Crippen molar-refractivity contribution in [1.29, 1.82) is 5.26 Å². The number of hydrogen-bond acceptors (Lipinski definition) is 2. The Bertz CT molecular complexity index is 371. The number of carbonyl (C=O) groups is 1. The first kappa shape index (κ1) is 13.6. The molecule has 0 aromatic heterocycles. The van der Waals surface area contributed by atoms with Gasteiger partial charge in [-0.05, 0) is 37.5 Å². The van der Waals surface area contributed by atoms with Gasteiger partial charge in [-0.15, -0.1) is 0 Å². The molecule has 0 spiro atoms. The fraction of sp³-hybridized carbons (Fsp3) is 0.875. The SMILES string of the molecule is CCC1CCC(C2(C#N)CCC(C)(C)C2=O)CC1. The zero-order valence-electron chi connectivity index (χ0n) is 12.0. The molecule has 0 aromatic carbocycles. The predicted molar refractivity (Wildman–Crippen MR) is 71.8 cm³/mol. The molecule has 0 bridgehead atoms. The van der Waals surface area contributed by atoms with Gasteiger partial charge in [0.25, 0.3) is 0 Å². The molecule has 2 saturated carbocycles. The number of nitriles is 1. The molecule has 100 valence electrons. The Labute approximate surface area is 111 Å². The molecular formula is C16H25NO. The lowest BCUT2D eigenvalue weighted by Crippen LogP contribution is -2.39. The maximum Gasteiger partial charge on any atom is 0.158 e. The van der Waals surface area contributed by atoms with Gasteiger partial charge in [0.1, 0.15) is 5.41 Å². The average Bonchev–Trinajstić information content (AvgIpc) is 2.63. The van der Waals surface area contributed by atoms with Gasteiger partial charge in [0.2, 0.25) is 0 Å². The molecule has 1 atom stereocenters. The second-order valence-electron chi connectivity index (χ2n) is 6.92. The molecule has 18 heavy (non-hydrogen) atoms. The van der Waals surface area contributed by atoms with Crippen molar-refractivity contribution in [3.63, 3.8) is 0 Å². The Morgan fingerprint density at radius 2 is 1.83 bits per heavy atom. The van der Waals surface area contributed by atoms with Gasteiger partial charge in [0, 0.05) is 5.41 Å². The van der Waals surface area contributed by atoms with Crippen LogP contribution in [0.25, 0.3) is 0 Å². The minimum atomic E-state index is -0.651. The highest BCUT2D eigenvalue weighted by atomic mass is 16.1. The summed E-state index contributed by atoms with van der Waals surface area (Å²) in [4.78, 5) is 12.6. The van der Waals surface area contributed by atoms with Crippen molar-refractivity contribution in [3.8, 4) is 6.07 Å². The van der Waals surface area contributed by atoms with E-state index in [0.29, 0.717) is 5.92 Å². The van der Waals surface area contributed by atoms with Gasteiger partial charge in [-0.25, -0.2) is 0 Å². The third-order valence-corrected chi connectivity index (χ3v) is 5.48. The van der Waals surface area contributed by atoms with Gasteiger partial charge >= 0.3 is 0 Å². The summed E-state index contributed by atoms with van der Waals surface area (Å²) in [5.41, 5.74) is -0.931. The van der Waals surface area contributed by atoms with Gasteiger partial charge in [-0.1, -0.05) is 40.0 Å². The highest BCUT2D eigenvalue weighted by Gasteiger charge is 2.56. The second-order valence-corrected chi connectivity index (χ2v) is 6.92. The Hall–Kier alpha value is -0.840. The highest BCUT2D eigenvalue weighted by molar-refractivity contribution is 5.94. The van der Waals surface area contributed by atoms with Crippen molar-refractivity contribution in [3.05, 3.63) is 0 Å². The molecule has 0 radical (unpaired) electrons. The summed E-state index contributed by atoms with van der Waals surface area (Å²) in [6.45, 7) is 6.26. The van der Waals surface area contributed by atoms with Crippen LogP contribution in [-0.4, -0.2) is 5.78 Å². The smallest absolute Gasteiger partial charge is 0.158 e. The Balaban J connectivity index is 2.16. The van der Waals surface area contributed by atoms with Crippen LogP contribution in [0.5, 0.6) is 0 Å². The molecule has 1 unspecified atom stereocenters. The third kappa shape index (κ3) is 1.98. The normalized spacial score (nSPS) is 39.6. The van der Waals surface area contributed by atoms with Crippen LogP contribution < -0.4 is 0 Å². The molecule has 0 aliphatic heterocycles. The second kappa shape index (κ2) is 4.68. The quantitative estimate of drug-likeness (QED) is 0.737. The van der Waals surface area contributed by atoms with E-state index in [2.05, 4.69) is 13.0 Å². The van der Waals surface area contributed by atoms with E-state index in [1.807, 2.05) is 13.8 Å². The number of Topliss-reactive ketones (excluding diaryl/α,β-unsaturated/α-hetero) is 1. The van der Waals surface area contributed by atoms with Crippen molar-refractivity contribution in [2.45, 2.75) is 65.7 Å². The molecule has 0 amide bonds. The van der Waals surface area contributed by atoms with Gasteiger partial charge in [0.15, 0.2) is 5.78 Å². The molecule has 2 aliphatic carbocycles. The van der Waals surface area contributed by atoms with E-state index >= 15 is 0 Å². The van der Waals surface area contributed by atoms with E-state index in [-0.39, 0.29) is 11.2 Å². The summed E-state index contributed by atoms with van der Waals surface area (Å²) in [5.74, 6) is 1.36. The van der Waals surface area contributed by atoms with Crippen LogP contribution in [0.1, 0.15) is 65.7 Å². The van der Waals surface area contributed by atoms with Crippen LogP contribution in [0, 0.1) is 34.0 Å². The molecule has 2 nitrogen and oxygen atoms in total. The first-order chi connectivity index (χ1) is 8.46. The average molecular weight is 247 g/mol. The Morgan fingerprint density at radius 1 is 1.22 bits per heavy atom. The largest absolute Gasteiger partial charge is 0.297 e. The highest BCUT2D eigenvalue weighted by Crippen LogP contribution is 2.53. The molecule has 2 heteroatoms. The number of rotatable bonds is 2. The van der Waals surface area contributed by atoms with Crippen molar-refractivity contribution in [1.82, 2.24) is 0 Å². The number of hydrogen-bond donors (Lipinski definition) is 0. The van der Waals surface area contributed by atoms with Crippen molar-refractivity contribution >= 4 is 5.78 Å². The Kier molecular flexibility index (Phi) is 3.54. The summed E-state index contributed by atoms with van der Waals surface area (Å²) >= 11 is 0. The van der Waals surface area contributed by atoms with Crippen LogP contribution in [0.4, 0.5) is 0 Å². The number of ketones is 1. The van der Waals surface area contributed by atoms with Crippen molar-refractivity contribution in [2.24, 2.45) is 22.7 Å². The Morgan fingerprint density at radius 3 is 2.22 bits per heavy atom. The summed E-state index contributed by atoms with van der Waals surface area (Å²) in [7, 11) is 0. The zero-order chi connectivity index (χ0) is 13.4. The van der Waals surface area contributed by atoms with Crippen LogP contribution in [0.15, 0.2) is 0 Å². The van der Waals surface area contributed by atoms with Crippen LogP contribution in [0.3, 0.4) is 0 Å².